The van der Waals surface area contributed by atoms with Gasteiger partial charge in [0, 0.05) is 33.3 Å². The van der Waals surface area contributed by atoms with Crippen molar-refractivity contribution in [3.8, 4) is 0 Å². The third-order valence-corrected chi connectivity index (χ3v) is 12.4. The minimum atomic E-state index is -0.251. The third kappa shape index (κ3) is 5.79. The summed E-state index contributed by atoms with van der Waals surface area (Å²) in [7, 11) is 0. The van der Waals surface area contributed by atoms with E-state index in [1.165, 1.54) is 44.8 Å². The Labute approximate surface area is 336 Å². The van der Waals surface area contributed by atoms with E-state index < -0.39 is 0 Å². The third-order valence-electron chi connectivity index (χ3n) is 12.4. The molecule has 0 spiro atoms. The highest BCUT2D eigenvalue weighted by Crippen LogP contribution is 2.56. The maximum Gasteiger partial charge on any atom is 0.0503 e. The van der Waals surface area contributed by atoms with Crippen molar-refractivity contribution in [1.29, 1.82) is 0 Å². The minimum absolute atomic E-state index is 0.180. The van der Waals surface area contributed by atoms with Crippen LogP contribution in [0.15, 0.2) is 187 Å². The molecular formula is C53H57N3. The summed E-state index contributed by atoms with van der Waals surface area (Å²) in [5, 5.41) is 0. The topological polar surface area (TPSA) is 9.72 Å². The van der Waals surface area contributed by atoms with Gasteiger partial charge in [0.2, 0.25) is 0 Å². The van der Waals surface area contributed by atoms with Crippen LogP contribution in [0.2, 0.25) is 0 Å². The molecule has 7 rings (SSSR count). The van der Waals surface area contributed by atoms with E-state index in [9.17, 15) is 0 Å². The SMILES string of the molecule is C=CC1=C(/C=C\C)N(c2cc(N3C(/C=C\C)=C(C=C)C(C)(C)c4ccccc43)cc(N3c4ccccc4C(C)(C)c4ccccc43)c2)C(/C=C\C)=C(C)C1(C)C. The van der Waals surface area contributed by atoms with Crippen molar-refractivity contribution >= 4 is 34.1 Å². The van der Waals surface area contributed by atoms with Gasteiger partial charge < -0.3 is 14.7 Å². The normalized spacial score (nSPS) is 18.6. The first-order valence-corrected chi connectivity index (χ1v) is 20.0. The Morgan fingerprint density at radius 2 is 0.804 bits per heavy atom. The van der Waals surface area contributed by atoms with Crippen LogP contribution in [0.25, 0.3) is 0 Å². The fourth-order valence-electron chi connectivity index (χ4n) is 9.36. The Morgan fingerprint density at radius 3 is 1.27 bits per heavy atom. The van der Waals surface area contributed by atoms with Crippen LogP contribution in [0.5, 0.6) is 0 Å². The molecule has 0 aliphatic carbocycles. The Hall–Kier alpha value is -5.80. The van der Waals surface area contributed by atoms with E-state index in [2.05, 4.69) is 237 Å². The van der Waals surface area contributed by atoms with Gasteiger partial charge in [-0.15, -0.1) is 0 Å². The van der Waals surface area contributed by atoms with Crippen LogP contribution in [0, 0.1) is 5.41 Å². The number of allylic oxidation sites excluding steroid dienone is 11. The van der Waals surface area contributed by atoms with Gasteiger partial charge in [0.05, 0.1) is 34.1 Å². The van der Waals surface area contributed by atoms with E-state index in [1.807, 2.05) is 0 Å². The molecule has 3 heteroatoms. The molecule has 284 valence electrons. The van der Waals surface area contributed by atoms with Gasteiger partial charge >= 0.3 is 0 Å². The fraction of sp³-hybridized carbons (Fsp3) is 0.245. The summed E-state index contributed by atoms with van der Waals surface area (Å²) in [6.45, 7) is 31.3. The molecule has 3 heterocycles. The molecule has 0 N–H and O–H groups in total. The fourth-order valence-corrected chi connectivity index (χ4v) is 9.36. The number of benzene rings is 4. The minimum Gasteiger partial charge on any atom is -0.310 e. The van der Waals surface area contributed by atoms with Gasteiger partial charge in [0.15, 0.2) is 0 Å². The molecular weight excluding hydrogens is 679 g/mol. The number of fused-ring (bicyclic) bond motifs is 3. The van der Waals surface area contributed by atoms with Crippen LogP contribution >= 0.6 is 0 Å². The number of rotatable bonds is 8. The predicted molar refractivity (Wildman–Crippen MR) is 243 cm³/mol. The van der Waals surface area contributed by atoms with Crippen LogP contribution < -0.4 is 14.7 Å². The zero-order valence-corrected chi connectivity index (χ0v) is 35.0. The highest BCUT2D eigenvalue weighted by atomic mass is 15.2. The molecule has 0 fully saturated rings. The van der Waals surface area contributed by atoms with E-state index in [4.69, 9.17) is 0 Å². The predicted octanol–water partition coefficient (Wildman–Crippen LogP) is 15.0. The molecule has 0 bridgehead atoms. The maximum absolute atomic E-state index is 4.39. The lowest BCUT2D eigenvalue weighted by Crippen LogP contribution is -2.35. The number of anilines is 6. The number of hydrogen-bond donors (Lipinski definition) is 0. The lowest BCUT2D eigenvalue weighted by molar-refractivity contribution is 0.529. The second kappa shape index (κ2) is 14.4. The lowest BCUT2D eigenvalue weighted by atomic mass is 9.72. The molecule has 0 amide bonds. The molecule has 0 radical (unpaired) electrons. The average molecular weight is 736 g/mol. The van der Waals surface area contributed by atoms with Crippen LogP contribution in [-0.2, 0) is 10.8 Å². The second-order valence-corrected chi connectivity index (χ2v) is 16.7. The molecule has 0 saturated carbocycles. The van der Waals surface area contributed by atoms with Crippen LogP contribution in [0.4, 0.5) is 34.1 Å². The van der Waals surface area contributed by atoms with Crippen molar-refractivity contribution < 1.29 is 0 Å². The zero-order valence-electron chi connectivity index (χ0n) is 35.0. The van der Waals surface area contributed by atoms with Crippen molar-refractivity contribution in [2.45, 2.75) is 80.1 Å². The lowest BCUT2D eigenvalue weighted by Gasteiger charge is -2.45. The van der Waals surface area contributed by atoms with Gasteiger partial charge in [-0.1, -0.05) is 140 Å². The van der Waals surface area contributed by atoms with Crippen molar-refractivity contribution in [2.75, 3.05) is 14.7 Å². The Morgan fingerprint density at radius 1 is 0.446 bits per heavy atom. The summed E-state index contributed by atoms with van der Waals surface area (Å²) >= 11 is 0. The summed E-state index contributed by atoms with van der Waals surface area (Å²) < 4.78 is 0. The van der Waals surface area contributed by atoms with E-state index in [0.717, 1.165) is 39.8 Å². The standard InChI is InChI=1S/C53H57N3/c1-13-24-45-36(6)51(7,8)40(16-4)46(25-14-2)54(45)37-33-38(55-47(26-15-3)41(17-5)52(9,10)42-27-18-21-30-48(42)55)35-39(34-37)56-49-31-22-19-28-43(49)53(11,12)44-29-20-23-32-50(44)56/h13-35H,4-5H2,1-3,6-12H3/b24-13-,25-14-,26-15-. The van der Waals surface area contributed by atoms with Gasteiger partial charge in [-0.2, -0.15) is 0 Å². The molecule has 4 aromatic rings. The Kier molecular flexibility index (Phi) is 9.87. The van der Waals surface area contributed by atoms with E-state index in [1.54, 1.807) is 0 Å². The van der Waals surface area contributed by atoms with Crippen molar-refractivity contribution in [1.82, 2.24) is 0 Å². The molecule has 0 unspecified atom stereocenters. The second-order valence-electron chi connectivity index (χ2n) is 16.7. The number of hydrogen-bond acceptors (Lipinski definition) is 3. The van der Waals surface area contributed by atoms with E-state index in [0.29, 0.717) is 0 Å². The zero-order chi connectivity index (χ0) is 40.2. The number of nitrogens with zero attached hydrogens (tertiary/aromatic N) is 3. The molecule has 3 nitrogen and oxygen atoms in total. The van der Waals surface area contributed by atoms with Crippen molar-refractivity contribution in [3.05, 3.63) is 203 Å². The molecule has 3 aliphatic rings. The first kappa shape index (κ1) is 38.5. The van der Waals surface area contributed by atoms with Gasteiger partial charge in [-0.25, -0.2) is 0 Å². The molecule has 0 aromatic heterocycles. The first-order valence-electron chi connectivity index (χ1n) is 20.0. The van der Waals surface area contributed by atoms with Gasteiger partial charge in [0.25, 0.3) is 0 Å². The maximum atomic E-state index is 4.39. The van der Waals surface area contributed by atoms with Crippen LogP contribution in [-0.4, -0.2) is 0 Å². The summed E-state index contributed by atoms with van der Waals surface area (Å²) in [5.74, 6) is 0. The first-order chi connectivity index (χ1) is 26.8. The van der Waals surface area contributed by atoms with Gasteiger partial charge in [0.1, 0.15) is 0 Å². The van der Waals surface area contributed by atoms with Crippen molar-refractivity contribution in [3.63, 3.8) is 0 Å². The molecule has 3 aliphatic heterocycles. The monoisotopic (exact) mass is 735 g/mol. The summed E-state index contributed by atoms with van der Waals surface area (Å²) in [6.07, 6.45) is 17.3. The van der Waals surface area contributed by atoms with E-state index in [-0.39, 0.29) is 16.2 Å². The Balaban J connectivity index is 1.64. The smallest absolute Gasteiger partial charge is 0.0503 e. The molecule has 0 saturated heterocycles. The average Bonchev–Trinajstić information content (AvgIpc) is 3.17. The van der Waals surface area contributed by atoms with Crippen molar-refractivity contribution in [2.24, 2.45) is 5.41 Å². The summed E-state index contributed by atoms with van der Waals surface area (Å²) in [6, 6.07) is 33.8. The number of para-hydroxylation sites is 3. The van der Waals surface area contributed by atoms with Gasteiger partial charge in [-0.3, -0.25) is 0 Å². The molecule has 0 atom stereocenters. The van der Waals surface area contributed by atoms with Gasteiger partial charge in [-0.05, 0) is 116 Å². The summed E-state index contributed by atoms with van der Waals surface area (Å²) in [5.41, 5.74) is 17.0. The molecule has 56 heavy (non-hydrogen) atoms. The molecule has 4 aromatic carbocycles. The quantitative estimate of drug-likeness (QED) is 0.178. The highest BCUT2D eigenvalue weighted by Gasteiger charge is 2.41. The largest absolute Gasteiger partial charge is 0.310 e. The van der Waals surface area contributed by atoms with Crippen LogP contribution in [0.3, 0.4) is 0 Å². The Bertz CT molecular complexity index is 2390. The van der Waals surface area contributed by atoms with Crippen LogP contribution in [0.1, 0.15) is 85.9 Å². The summed E-state index contributed by atoms with van der Waals surface area (Å²) in [4.78, 5) is 7.37. The highest BCUT2D eigenvalue weighted by molar-refractivity contribution is 5.91. The van der Waals surface area contributed by atoms with E-state index >= 15 is 0 Å².